The number of ketones is 1. The molecule has 1 aliphatic heterocycles. The molecule has 1 fully saturated rings. The number of methoxy groups -OCH3 is 1. The Hall–Kier alpha value is -1.27. The van der Waals surface area contributed by atoms with Gasteiger partial charge >= 0.3 is 0 Å². The Kier molecular flexibility index (Phi) is 7.77. The van der Waals surface area contributed by atoms with Crippen molar-refractivity contribution >= 4 is 5.78 Å². The van der Waals surface area contributed by atoms with Crippen LogP contribution in [0.15, 0.2) is 30.3 Å². The van der Waals surface area contributed by atoms with Crippen LogP contribution in [0.4, 0.5) is 0 Å². The summed E-state index contributed by atoms with van der Waals surface area (Å²) in [4.78, 5) is 11.4. The van der Waals surface area contributed by atoms with E-state index >= 15 is 0 Å². The van der Waals surface area contributed by atoms with Gasteiger partial charge in [-0.3, -0.25) is 0 Å². The number of Topliss-reactive ketones (excluding diaryl/α,β-unsaturated/α-hetero) is 1. The van der Waals surface area contributed by atoms with Crippen LogP contribution in [-0.4, -0.2) is 49.0 Å². The van der Waals surface area contributed by atoms with E-state index in [1.165, 1.54) is 0 Å². The Bertz CT molecular complexity index is 557. The minimum atomic E-state index is -0.509. The summed E-state index contributed by atoms with van der Waals surface area (Å²) in [5.41, 5.74) is 0.710. The molecule has 1 aliphatic rings. The van der Waals surface area contributed by atoms with Gasteiger partial charge in [-0.15, -0.1) is 0 Å². The van der Waals surface area contributed by atoms with Gasteiger partial charge in [-0.1, -0.05) is 44.2 Å². The van der Waals surface area contributed by atoms with Crippen LogP contribution in [0.3, 0.4) is 0 Å². The van der Waals surface area contributed by atoms with E-state index < -0.39 is 11.5 Å². The summed E-state index contributed by atoms with van der Waals surface area (Å²) >= 11 is 0. The van der Waals surface area contributed by atoms with Gasteiger partial charge in [-0.05, 0) is 18.9 Å². The largest absolute Gasteiger partial charge is 0.392 e. The zero-order valence-electron chi connectivity index (χ0n) is 16.3. The van der Waals surface area contributed by atoms with E-state index in [9.17, 15) is 9.90 Å². The maximum atomic E-state index is 11.4. The van der Waals surface area contributed by atoms with Crippen LogP contribution in [0.5, 0.6) is 0 Å². The highest BCUT2D eigenvalue weighted by Crippen LogP contribution is 2.39. The monoisotopic (exact) mass is 364 g/mol. The van der Waals surface area contributed by atoms with Gasteiger partial charge in [0, 0.05) is 25.4 Å². The minimum Gasteiger partial charge on any atom is -0.392 e. The molecule has 0 unspecified atom stereocenters. The first-order valence-corrected chi connectivity index (χ1v) is 9.32. The molecule has 1 saturated heterocycles. The first-order chi connectivity index (χ1) is 12.3. The fourth-order valence-electron chi connectivity index (χ4n) is 3.39. The molecular weight excluding hydrogens is 332 g/mol. The number of carbonyl (C=O) groups is 1. The SMILES string of the molecule is CO[C@H](COCc1ccccc1)[C@@H]1C[C@@H](O)C(C)(C)[C@@H](CCC(C)=O)O1. The second-order valence-corrected chi connectivity index (χ2v) is 7.75. The van der Waals surface area contributed by atoms with Crippen molar-refractivity contribution in [3.8, 4) is 0 Å². The average Bonchev–Trinajstić information content (AvgIpc) is 2.61. The van der Waals surface area contributed by atoms with E-state index in [4.69, 9.17) is 14.2 Å². The van der Waals surface area contributed by atoms with Crippen LogP contribution < -0.4 is 0 Å². The molecule has 1 heterocycles. The molecule has 5 heteroatoms. The quantitative estimate of drug-likeness (QED) is 0.729. The molecule has 0 aromatic heterocycles. The third kappa shape index (κ3) is 5.61. The third-order valence-electron chi connectivity index (χ3n) is 5.35. The van der Waals surface area contributed by atoms with Crippen molar-refractivity contribution in [2.75, 3.05) is 13.7 Å². The summed E-state index contributed by atoms with van der Waals surface area (Å²) in [6.07, 6.45) is 0.348. The molecule has 1 aromatic carbocycles. The number of aliphatic hydroxyl groups excluding tert-OH is 1. The van der Waals surface area contributed by atoms with Gasteiger partial charge in [0.15, 0.2) is 0 Å². The van der Waals surface area contributed by atoms with Crippen molar-refractivity contribution in [3.05, 3.63) is 35.9 Å². The number of carbonyl (C=O) groups excluding carboxylic acids is 1. The fraction of sp³-hybridized carbons (Fsp3) is 0.667. The van der Waals surface area contributed by atoms with Crippen molar-refractivity contribution in [1.29, 1.82) is 0 Å². The third-order valence-corrected chi connectivity index (χ3v) is 5.35. The molecule has 0 bridgehead atoms. The Balaban J connectivity index is 1.94. The Morgan fingerprint density at radius 2 is 2.04 bits per heavy atom. The van der Waals surface area contributed by atoms with Crippen LogP contribution in [0.25, 0.3) is 0 Å². The maximum absolute atomic E-state index is 11.4. The fourth-order valence-corrected chi connectivity index (χ4v) is 3.39. The van der Waals surface area contributed by atoms with Crippen LogP contribution in [0, 0.1) is 5.41 Å². The predicted octanol–water partition coefficient (Wildman–Crippen LogP) is 3.13. The number of ether oxygens (including phenoxy) is 3. The molecule has 0 amide bonds. The molecule has 5 nitrogen and oxygen atoms in total. The van der Waals surface area contributed by atoms with Gasteiger partial charge in [0.05, 0.1) is 31.5 Å². The first kappa shape index (κ1) is 21.0. The topological polar surface area (TPSA) is 65.0 Å². The summed E-state index contributed by atoms with van der Waals surface area (Å²) < 4.78 is 17.7. The zero-order valence-corrected chi connectivity index (χ0v) is 16.3. The van der Waals surface area contributed by atoms with Crippen molar-refractivity contribution in [3.63, 3.8) is 0 Å². The zero-order chi connectivity index (χ0) is 19.2. The van der Waals surface area contributed by atoms with Crippen LogP contribution in [0.2, 0.25) is 0 Å². The van der Waals surface area contributed by atoms with Gasteiger partial charge in [0.25, 0.3) is 0 Å². The molecule has 4 atom stereocenters. The van der Waals surface area contributed by atoms with Crippen molar-refractivity contribution in [2.24, 2.45) is 5.41 Å². The predicted molar refractivity (Wildman–Crippen MR) is 99.9 cm³/mol. The Morgan fingerprint density at radius 1 is 1.35 bits per heavy atom. The minimum absolute atomic E-state index is 0.135. The number of hydrogen-bond acceptors (Lipinski definition) is 5. The van der Waals surface area contributed by atoms with E-state index in [1.54, 1.807) is 14.0 Å². The maximum Gasteiger partial charge on any atom is 0.129 e. The van der Waals surface area contributed by atoms with Gasteiger partial charge in [0.1, 0.15) is 11.9 Å². The van der Waals surface area contributed by atoms with Gasteiger partial charge in [-0.25, -0.2) is 0 Å². The molecule has 2 rings (SSSR count). The van der Waals surface area contributed by atoms with E-state index in [2.05, 4.69) is 0 Å². The van der Waals surface area contributed by atoms with Crippen molar-refractivity contribution < 1.29 is 24.1 Å². The number of benzene rings is 1. The van der Waals surface area contributed by atoms with E-state index in [1.807, 2.05) is 44.2 Å². The lowest BCUT2D eigenvalue weighted by Gasteiger charge is -2.47. The molecular formula is C21H32O5. The van der Waals surface area contributed by atoms with E-state index in [0.29, 0.717) is 32.5 Å². The summed E-state index contributed by atoms with van der Waals surface area (Å²) in [6, 6.07) is 9.97. The second kappa shape index (κ2) is 9.60. The van der Waals surface area contributed by atoms with Gasteiger partial charge in [-0.2, -0.15) is 0 Å². The van der Waals surface area contributed by atoms with Crippen LogP contribution in [0.1, 0.15) is 45.6 Å². The van der Waals surface area contributed by atoms with Crippen molar-refractivity contribution in [1.82, 2.24) is 0 Å². The standard InChI is InChI=1S/C21H32O5/c1-15(22)10-11-20-21(2,3)19(23)12-17(26-20)18(24-4)14-25-13-16-8-6-5-7-9-16/h5-9,17-20,23H,10-14H2,1-4H3/t17-,18+,19+,20+/m0/s1. The number of rotatable bonds is 9. The van der Waals surface area contributed by atoms with Crippen LogP contribution in [-0.2, 0) is 25.6 Å². The molecule has 1 N–H and O–H groups in total. The summed E-state index contributed by atoms with van der Waals surface area (Å²) in [5, 5.41) is 10.6. The Labute approximate surface area is 156 Å². The summed E-state index contributed by atoms with van der Waals surface area (Å²) in [5.74, 6) is 0.135. The van der Waals surface area contributed by atoms with Crippen LogP contribution >= 0.6 is 0 Å². The normalized spacial score (nSPS) is 26.4. The van der Waals surface area contributed by atoms with E-state index in [-0.39, 0.29) is 24.1 Å². The highest BCUT2D eigenvalue weighted by atomic mass is 16.6. The molecule has 0 aliphatic carbocycles. The van der Waals surface area contributed by atoms with Gasteiger partial charge < -0.3 is 24.1 Å². The number of aliphatic hydroxyl groups is 1. The molecule has 0 spiro atoms. The van der Waals surface area contributed by atoms with Crippen molar-refractivity contribution in [2.45, 2.75) is 71.1 Å². The Morgan fingerprint density at radius 3 is 2.65 bits per heavy atom. The smallest absolute Gasteiger partial charge is 0.129 e. The lowest BCUT2D eigenvalue weighted by Crippen LogP contribution is -2.54. The highest BCUT2D eigenvalue weighted by Gasteiger charge is 2.45. The lowest BCUT2D eigenvalue weighted by atomic mass is 9.74. The molecule has 146 valence electrons. The van der Waals surface area contributed by atoms with Gasteiger partial charge in [0.2, 0.25) is 0 Å². The molecule has 26 heavy (non-hydrogen) atoms. The summed E-state index contributed by atoms with van der Waals surface area (Å²) in [6.45, 7) is 6.47. The second-order valence-electron chi connectivity index (χ2n) is 7.75. The first-order valence-electron chi connectivity index (χ1n) is 9.32. The molecule has 0 saturated carbocycles. The molecule has 0 radical (unpaired) electrons. The summed E-state index contributed by atoms with van der Waals surface area (Å²) in [7, 11) is 1.64. The number of hydrogen-bond donors (Lipinski definition) is 1. The highest BCUT2D eigenvalue weighted by molar-refractivity contribution is 5.75. The average molecular weight is 364 g/mol. The van der Waals surface area contributed by atoms with E-state index in [0.717, 1.165) is 5.56 Å². The molecule has 1 aromatic rings. The lowest BCUT2D eigenvalue weighted by molar-refractivity contribution is -0.211.